The molecule has 2 aliphatic rings. The topological polar surface area (TPSA) is 141 Å². The van der Waals surface area contributed by atoms with Crippen molar-refractivity contribution >= 4 is 56.7 Å². The lowest BCUT2D eigenvalue weighted by Crippen LogP contribution is -2.23. The molecule has 0 aromatic heterocycles. The van der Waals surface area contributed by atoms with Crippen LogP contribution in [0.3, 0.4) is 0 Å². The molecule has 0 aliphatic carbocycles. The molecule has 64 heavy (non-hydrogen) atoms. The zero-order chi connectivity index (χ0) is 45.7. The summed E-state index contributed by atoms with van der Waals surface area (Å²) >= 11 is 0. The number of ether oxygens (including phenoxy) is 5. The number of nitrogens with zero attached hydrogens (tertiary/aromatic N) is 2. The Bertz CT molecular complexity index is 2790. The summed E-state index contributed by atoms with van der Waals surface area (Å²) in [6.45, 7) is 11.5. The van der Waals surface area contributed by atoms with E-state index in [-0.39, 0.29) is 49.1 Å². The first-order valence-corrected chi connectivity index (χ1v) is 21.2. The van der Waals surface area contributed by atoms with Gasteiger partial charge in [0.25, 0.3) is 11.8 Å². The maximum absolute atomic E-state index is 14.8. The van der Waals surface area contributed by atoms with Gasteiger partial charge < -0.3 is 38.6 Å². The van der Waals surface area contributed by atoms with Crippen LogP contribution in [-0.2, 0) is 40.3 Å². The second kappa shape index (κ2) is 19.4. The summed E-state index contributed by atoms with van der Waals surface area (Å²) in [5, 5.41) is 12.2. The van der Waals surface area contributed by atoms with Crippen LogP contribution in [0.25, 0.3) is 21.5 Å². The Morgan fingerprint density at radius 3 is 1.28 bits per heavy atom. The van der Waals surface area contributed by atoms with E-state index in [9.17, 15) is 28.0 Å². The summed E-state index contributed by atoms with van der Waals surface area (Å²) in [7, 11) is 0. The number of hydrogen-bond donors (Lipinski definition) is 1. The molecule has 2 aliphatic heterocycles. The van der Waals surface area contributed by atoms with E-state index in [1.54, 1.807) is 19.1 Å². The fourth-order valence-corrected chi connectivity index (χ4v) is 8.19. The maximum atomic E-state index is 14.8. The molecule has 332 valence electrons. The molecule has 0 saturated heterocycles. The van der Waals surface area contributed by atoms with Gasteiger partial charge in [0.05, 0.1) is 70.1 Å². The Balaban J connectivity index is 0.000000192. The minimum atomic E-state index is -1.12. The Morgan fingerprint density at radius 1 is 0.547 bits per heavy atom. The first-order chi connectivity index (χ1) is 30.9. The van der Waals surface area contributed by atoms with Gasteiger partial charge in [-0.1, -0.05) is 60.7 Å². The Kier molecular flexibility index (Phi) is 13.6. The molecule has 0 radical (unpaired) electrons. The number of fused-ring (bicyclic) bond motifs is 4. The fraction of sp³-hybridized carbons (Fsp3) is 0.280. The highest BCUT2D eigenvalue weighted by Gasteiger charge is 2.38. The molecular weight excluding hydrogens is 827 g/mol. The summed E-state index contributed by atoms with van der Waals surface area (Å²) in [5.74, 6) is -1.17. The molecule has 6 aromatic carbocycles. The van der Waals surface area contributed by atoms with Gasteiger partial charge in [0.1, 0.15) is 34.6 Å². The average molecular weight is 875 g/mol. The van der Waals surface area contributed by atoms with Crippen molar-refractivity contribution in [3.8, 4) is 23.0 Å². The number of hydrogen-bond acceptors (Lipinski definition) is 9. The maximum Gasteiger partial charge on any atom is 0.310 e. The van der Waals surface area contributed by atoms with Crippen molar-refractivity contribution in [3.05, 3.63) is 130 Å². The number of benzene rings is 6. The molecule has 2 amide bonds. The van der Waals surface area contributed by atoms with Crippen LogP contribution in [0, 0.1) is 11.6 Å². The Hall–Kier alpha value is -7.22. The molecule has 14 heteroatoms. The van der Waals surface area contributed by atoms with Crippen molar-refractivity contribution in [1.82, 2.24) is 0 Å². The predicted molar refractivity (Wildman–Crippen MR) is 238 cm³/mol. The SMILES string of the molecule is CCOC(=O)Cc1ccc(N2Cc3c(c(OCC)c4ccccc4c3OCC)C2=O)cc1F.CCOc1c2c(c(OCC)c3ccccc13)C(=O)N(c1ccc(CC(=O)O)c(F)c1)C2. The molecule has 2 heterocycles. The van der Waals surface area contributed by atoms with E-state index in [4.69, 9.17) is 28.8 Å². The van der Waals surface area contributed by atoms with E-state index >= 15 is 0 Å². The number of aliphatic carboxylic acids is 1. The van der Waals surface area contributed by atoms with Crippen LogP contribution < -0.4 is 28.7 Å². The molecule has 0 fully saturated rings. The number of carbonyl (C=O) groups excluding carboxylic acids is 3. The molecule has 6 aromatic rings. The van der Waals surface area contributed by atoms with E-state index in [1.165, 1.54) is 34.1 Å². The molecule has 0 bridgehead atoms. The van der Waals surface area contributed by atoms with Crippen molar-refractivity contribution in [2.45, 2.75) is 60.5 Å². The highest BCUT2D eigenvalue weighted by molar-refractivity contribution is 6.18. The third kappa shape index (κ3) is 8.59. The van der Waals surface area contributed by atoms with Crippen LogP contribution in [0.1, 0.15) is 77.6 Å². The minimum Gasteiger partial charge on any atom is -0.493 e. The number of rotatable bonds is 15. The van der Waals surface area contributed by atoms with Crippen LogP contribution in [0.15, 0.2) is 84.9 Å². The summed E-state index contributed by atoms with van der Waals surface area (Å²) in [4.78, 5) is 52.6. The Labute approximate surface area is 368 Å². The standard InChI is InChI=1S/C26H26FNO5.C24H22FNO5/c1-4-31-22(29)13-16-11-12-17(14-21(16)27)28-15-20-23(26(28)30)25(33-6-3)19-10-8-7-9-18(19)24(20)32-5-2;1-3-30-22-16-7-5-6-8-17(16)23(31-4-2)21-18(22)13-26(24(21)29)15-10-9-14(11-20(27)28)19(25)12-15/h7-12,14H,4-6,13,15H2,1-3H3;5-10,12H,3-4,11,13H2,1-2H3,(H,27,28). The van der Waals surface area contributed by atoms with Crippen LogP contribution in [-0.4, -0.2) is 61.9 Å². The molecule has 0 atom stereocenters. The van der Waals surface area contributed by atoms with E-state index in [0.29, 0.717) is 77.5 Å². The molecule has 1 N–H and O–H groups in total. The Morgan fingerprint density at radius 2 is 0.922 bits per heavy atom. The fourth-order valence-electron chi connectivity index (χ4n) is 8.19. The molecule has 0 unspecified atom stereocenters. The van der Waals surface area contributed by atoms with Crippen LogP contribution in [0.5, 0.6) is 23.0 Å². The molecule has 0 spiro atoms. The van der Waals surface area contributed by atoms with Crippen molar-refractivity contribution < 1.29 is 56.7 Å². The van der Waals surface area contributed by atoms with E-state index in [0.717, 1.165) is 27.1 Å². The van der Waals surface area contributed by atoms with Crippen molar-refractivity contribution in [1.29, 1.82) is 0 Å². The zero-order valence-corrected chi connectivity index (χ0v) is 36.2. The molecular formula is C50H48F2N2O10. The van der Waals surface area contributed by atoms with Crippen LogP contribution >= 0.6 is 0 Å². The van der Waals surface area contributed by atoms with Gasteiger partial charge in [-0.05, 0) is 70.0 Å². The van der Waals surface area contributed by atoms with Gasteiger partial charge >= 0.3 is 11.9 Å². The largest absolute Gasteiger partial charge is 0.493 e. The van der Waals surface area contributed by atoms with Gasteiger partial charge in [-0.2, -0.15) is 0 Å². The number of anilines is 2. The normalized spacial score (nSPS) is 12.8. The number of carbonyl (C=O) groups is 4. The summed E-state index contributed by atoms with van der Waals surface area (Å²) in [6.07, 6.45) is -0.586. The van der Waals surface area contributed by atoms with E-state index < -0.39 is 30.0 Å². The average Bonchev–Trinajstić information content (AvgIpc) is 3.81. The van der Waals surface area contributed by atoms with Gasteiger partial charge in [-0.15, -0.1) is 0 Å². The second-order valence-corrected chi connectivity index (χ2v) is 14.7. The van der Waals surface area contributed by atoms with Gasteiger partial charge in [0.15, 0.2) is 0 Å². The number of carboxylic acid groups (broad SMARTS) is 1. The molecule has 0 saturated carbocycles. The minimum absolute atomic E-state index is 0.0659. The first kappa shape index (κ1) is 44.8. The van der Waals surface area contributed by atoms with Gasteiger partial charge in [-0.3, -0.25) is 19.2 Å². The lowest BCUT2D eigenvalue weighted by atomic mass is 9.99. The third-order valence-electron chi connectivity index (χ3n) is 10.8. The van der Waals surface area contributed by atoms with Crippen molar-refractivity contribution in [2.24, 2.45) is 0 Å². The summed E-state index contributed by atoms with van der Waals surface area (Å²) in [6, 6.07) is 23.8. The smallest absolute Gasteiger partial charge is 0.310 e. The van der Waals surface area contributed by atoms with Gasteiger partial charge in [0.2, 0.25) is 0 Å². The third-order valence-corrected chi connectivity index (χ3v) is 10.8. The lowest BCUT2D eigenvalue weighted by molar-refractivity contribution is -0.142. The van der Waals surface area contributed by atoms with E-state index in [2.05, 4.69) is 0 Å². The highest BCUT2D eigenvalue weighted by Crippen LogP contribution is 2.48. The van der Waals surface area contributed by atoms with Crippen LogP contribution in [0.2, 0.25) is 0 Å². The van der Waals surface area contributed by atoms with Gasteiger partial charge in [0, 0.05) is 44.0 Å². The van der Waals surface area contributed by atoms with Crippen LogP contribution in [0.4, 0.5) is 20.2 Å². The summed E-state index contributed by atoms with van der Waals surface area (Å²) < 4.78 is 57.9. The molecule has 12 nitrogen and oxygen atoms in total. The second-order valence-electron chi connectivity index (χ2n) is 14.7. The number of amides is 2. The van der Waals surface area contributed by atoms with Crippen molar-refractivity contribution in [2.75, 3.05) is 42.8 Å². The lowest BCUT2D eigenvalue weighted by Gasteiger charge is -2.17. The zero-order valence-electron chi connectivity index (χ0n) is 36.2. The number of carboxylic acids is 1. The molecule has 8 rings (SSSR count). The van der Waals surface area contributed by atoms with E-state index in [1.807, 2.05) is 76.2 Å². The first-order valence-electron chi connectivity index (χ1n) is 21.2. The monoisotopic (exact) mass is 874 g/mol. The quantitative estimate of drug-likeness (QED) is 0.0992. The number of esters is 1. The number of halogens is 2. The highest BCUT2D eigenvalue weighted by atomic mass is 19.1. The van der Waals surface area contributed by atoms with Crippen molar-refractivity contribution in [3.63, 3.8) is 0 Å². The summed E-state index contributed by atoms with van der Waals surface area (Å²) in [5.41, 5.74) is 3.31. The van der Waals surface area contributed by atoms with Gasteiger partial charge in [-0.25, -0.2) is 8.78 Å². The predicted octanol–water partition coefficient (Wildman–Crippen LogP) is 9.61.